The molecule has 0 aromatic rings. The molecule has 2 atom stereocenters. The van der Waals surface area contributed by atoms with E-state index in [0.29, 0.717) is 13.0 Å². The predicted molar refractivity (Wildman–Crippen MR) is 64.7 cm³/mol. The van der Waals surface area contributed by atoms with Crippen molar-refractivity contribution in [2.24, 2.45) is 5.41 Å². The molecule has 0 bridgehead atoms. The van der Waals surface area contributed by atoms with Crippen molar-refractivity contribution in [3.63, 3.8) is 0 Å². The molecule has 5 nitrogen and oxygen atoms in total. The first-order chi connectivity index (χ1) is 8.05. The third-order valence-corrected chi connectivity index (χ3v) is 3.58. The summed E-state index contributed by atoms with van der Waals surface area (Å²) in [7, 11) is 0. The van der Waals surface area contributed by atoms with Crippen LogP contribution in [-0.4, -0.2) is 36.1 Å². The van der Waals surface area contributed by atoms with Gasteiger partial charge in [0.25, 0.3) is 0 Å². The first kappa shape index (κ1) is 14.0. The Morgan fingerprint density at radius 1 is 1.47 bits per heavy atom. The molecule has 0 spiro atoms. The monoisotopic (exact) mass is 242 g/mol. The Bertz CT molecular complexity index is 285. The Balaban J connectivity index is 2.65. The van der Waals surface area contributed by atoms with Crippen molar-refractivity contribution in [1.29, 1.82) is 0 Å². The van der Waals surface area contributed by atoms with Crippen LogP contribution in [0, 0.1) is 5.41 Å². The summed E-state index contributed by atoms with van der Waals surface area (Å²) >= 11 is 0. The number of aliphatic carboxylic acids is 1. The normalized spacial score (nSPS) is 25.5. The lowest BCUT2D eigenvalue weighted by Crippen LogP contribution is -2.49. The fraction of sp³-hybridized carbons (Fsp3) is 0.833. The van der Waals surface area contributed by atoms with Crippen LogP contribution < -0.4 is 10.6 Å². The van der Waals surface area contributed by atoms with Crippen LogP contribution in [0.25, 0.3) is 0 Å². The fourth-order valence-electron chi connectivity index (χ4n) is 2.26. The van der Waals surface area contributed by atoms with Crippen molar-refractivity contribution >= 4 is 11.9 Å². The lowest BCUT2D eigenvalue weighted by Gasteiger charge is -2.27. The number of hydrogen-bond donors (Lipinski definition) is 3. The predicted octanol–water partition coefficient (Wildman–Crippen LogP) is 0.746. The van der Waals surface area contributed by atoms with E-state index in [2.05, 4.69) is 10.6 Å². The van der Waals surface area contributed by atoms with E-state index in [1.54, 1.807) is 0 Å². The van der Waals surface area contributed by atoms with Crippen molar-refractivity contribution in [2.75, 3.05) is 13.1 Å². The maximum atomic E-state index is 12.2. The Labute approximate surface area is 102 Å². The second-order valence-electron chi connectivity index (χ2n) is 4.71. The van der Waals surface area contributed by atoms with Gasteiger partial charge in [-0.1, -0.05) is 20.3 Å². The highest BCUT2D eigenvalue weighted by Crippen LogP contribution is 2.29. The second kappa shape index (κ2) is 6.00. The second-order valence-corrected chi connectivity index (χ2v) is 4.71. The summed E-state index contributed by atoms with van der Waals surface area (Å²) in [6.45, 7) is 5.36. The summed E-state index contributed by atoms with van der Waals surface area (Å²) in [5.74, 6) is -1.07. The third-order valence-electron chi connectivity index (χ3n) is 3.58. The summed E-state index contributed by atoms with van der Waals surface area (Å²) in [5, 5.41) is 14.9. The van der Waals surface area contributed by atoms with Gasteiger partial charge in [0.05, 0.1) is 5.41 Å². The number of hydrogen-bond acceptors (Lipinski definition) is 3. The Hall–Kier alpha value is -1.10. The maximum absolute atomic E-state index is 12.2. The molecular weight excluding hydrogens is 220 g/mol. The van der Waals surface area contributed by atoms with Gasteiger partial charge in [-0.25, -0.2) is 4.79 Å². The standard InChI is InChI=1S/C12H22N2O3/c1-3-5-9(10(15)16)14-11(17)12(4-2)6-7-13-8-12/h9,13H,3-8H2,1-2H3,(H,14,17)(H,15,16)/t9-,12?/m1/s1. The van der Waals surface area contributed by atoms with E-state index in [4.69, 9.17) is 5.11 Å². The molecule has 1 saturated heterocycles. The van der Waals surface area contributed by atoms with Gasteiger partial charge in [0.15, 0.2) is 0 Å². The van der Waals surface area contributed by atoms with E-state index in [0.717, 1.165) is 25.8 Å². The Kier molecular flexibility index (Phi) is 4.93. The summed E-state index contributed by atoms with van der Waals surface area (Å²) < 4.78 is 0. The SMILES string of the molecule is CCC[C@@H](NC(=O)C1(CC)CCNC1)C(=O)O. The van der Waals surface area contributed by atoms with Crippen LogP contribution in [0.5, 0.6) is 0 Å². The maximum Gasteiger partial charge on any atom is 0.326 e. The van der Waals surface area contributed by atoms with Crippen LogP contribution in [0.4, 0.5) is 0 Å². The van der Waals surface area contributed by atoms with Crippen molar-refractivity contribution < 1.29 is 14.7 Å². The summed E-state index contributed by atoms with van der Waals surface area (Å²) in [6.07, 6.45) is 2.75. The van der Waals surface area contributed by atoms with Gasteiger partial charge < -0.3 is 15.7 Å². The molecule has 0 aromatic heterocycles. The van der Waals surface area contributed by atoms with Gasteiger partial charge in [0.2, 0.25) is 5.91 Å². The van der Waals surface area contributed by atoms with Gasteiger partial charge in [-0.2, -0.15) is 0 Å². The molecule has 1 aliphatic rings. The minimum absolute atomic E-state index is 0.120. The van der Waals surface area contributed by atoms with Gasteiger partial charge in [-0.05, 0) is 25.8 Å². The van der Waals surface area contributed by atoms with Crippen molar-refractivity contribution in [3.8, 4) is 0 Å². The smallest absolute Gasteiger partial charge is 0.326 e. The Morgan fingerprint density at radius 2 is 2.18 bits per heavy atom. The van der Waals surface area contributed by atoms with E-state index >= 15 is 0 Å². The number of carboxylic acid groups (broad SMARTS) is 1. The van der Waals surface area contributed by atoms with Crippen molar-refractivity contribution in [3.05, 3.63) is 0 Å². The lowest BCUT2D eigenvalue weighted by atomic mass is 9.83. The molecule has 1 heterocycles. The average Bonchev–Trinajstić information content (AvgIpc) is 2.78. The van der Waals surface area contributed by atoms with E-state index < -0.39 is 17.4 Å². The zero-order valence-corrected chi connectivity index (χ0v) is 10.6. The molecule has 0 aliphatic carbocycles. The number of rotatable bonds is 6. The number of carbonyl (C=O) groups excluding carboxylic acids is 1. The number of nitrogens with one attached hydrogen (secondary N) is 2. The van der Waals surface area contributed by atoms with Crippen molar-refractivity contribution in [1.82, 2.24) is 10.6 Å². The van der Waals surface area contributed by atoms with Gasteiger partial charge in [0.1, 0.15) is 6.04 Å². The number of carboxylic acids is 1. The molecule has 0 radical (unpaired) electrons. The first-order valence-corrected chi connectivity index (χ1v) is 6.30. The molecule has 17 heavy (non-hydrogen) atoms. The first-order valence-electron chi connectivity index (χ1n) is 6.30. The third kappa shape index (κ3) is 3.19. The molecule has 1 aliphatic heterocycles. The molecule has 3 N–H and O–H groups in total. The van der Waals surface area contributed by atoms with Gasteiger partial charge in [-0.3, -0.25) is 4.79 Å². The zero-order valence-electron chi connectivity index (χ0n) is 10.6. The van der Waals surface area contributed by atoms with Crippen LogP contribution in [-0.2, 0) is 9.59 Å². The number of amides is 1. The van der Waals surface area contributed by atoms with Gasteiger partial charge >= 0.3 is 5.97 Å². The van der Waals surface area contributed by atoms with Crippen LogP contribution in [0.15, 0.2) is 0 Å². The molecule has 1 unspecified atom stereocenters. The molecular formula is C12H22N2O3. The highest BCUT2D eigenvalue weighted by atomic mass is 16.4. The van der Waals surface area contributed by atoms with E-state index in [1.165, 1.54) is 0 Å². The van der Waals surface area contributed by atoms with Crippen LogP contribution in [0.3, 0.4) is 0 Å². The molecule has 1 fully saturated rings. The average molecular weight is 242 g/mol. The van der Waals surface area contributed by atoms with E-state index in [9.17, 15) is 9.59 Å². The molecule has 0 saturated carbocycles. The molecule has 1 amide bonds. The van der Waals surface area contributed by atoms with E-state index in [1.807, 2.05) is 13.8 Å². The van der Waals surface area contributed by atoms with Crippen LogP contribution in [0.2, 0.25) is 0 Å². The quantitative estimate of drug-likeness (QED) is 0.642. The number of carbonyl (C=O) groups is 2. The largest absolute Gasteiger partial charge is 0.480 e. The minimum Gasteiger partial charge on any atom is -0.480 e. The topological polar surface area (TPSA) is 78.4 Å². The fourth-order valence-corrected chi connectivity index (χ4v) is 2.26. The highest BCUT2D eigenvalue weighted by Gasteiger charge is 2.40. The molecule has 98 valence electrons. The Morgan fingerprint density at radius 3 is 2.59 bits per heavy atom. The molecule has 5 heteroatoms. The summed E-state index contributed by atoms with van der Waals surface area (Å²) in [4.78, 5) is 23.2. The lowest BCUT2D eigenvalue weighted by molar-refractivity contribution is -0.144. The molecule has 1 rings (SSSR count). The van der Waals surface area contributed by atoms with Crippen LogP contribution >= 0.6 is 0 Å². The van der Waals surface area contributed by atoms with Crippen LogP contribution in [0.1, 0.15) is 39.5 Å². The highest BCUT2D eigenvalue weighted by molar-refractivity contribution is 5.87. The zero-order chi connectivity index (χ0) is 12.9. The van der Waals surface area contributed by atoms with Gasteiger partial charge in [0, 0.05) is 6.54 Å². The molecule has 0 aromatic carbocycles. The summed E-state index contributed by atoms with van der Waals surface area (Å²) in [6, 6.07) is -0.753. The van der Waals surface area contributed by atoms with Crippen molar-refractivity contribution in [2.45, 2.75) is 45.6 Å². The van der Waals surface area contributed by atoms with Gasteiger partial charge in [-0.15, -0.1) is 0 Å². The summed E-state index contributed by atoms with van der Waals surface area (Å²) in [5.41, 5.74) is -0.415. The minimum atomic E-state index is -0.947. The van der Waals surface area contributed by atoms with E-state index in [-0.39, 0.29) is 5.91 Å².